The van der Waals surface area contributed by atoms with Crippen molar-refractivity contribution in [3.63, 3.8) is 0 Å². The molecule has 0 aliphatic rings. The number of amides is 1. The van der Waals surface area contributed by atoms with Crippen molar-refractivity contribution < 1.29 is 4.79 Å². The Kier molecular flexibility index (Phi) is 4.63. The molecule has 0 saturated heterocycles. The topological polar surface area (TPSA) is 63.6 Å². The highest BCUT2D eigenvalue weighted by molar-refractivity contribution is 7.19. The van der Waals surface area contributed by atoms with Crippen LogP contribution in [0.25, 0.3) is 4.96 Å². The molecule has 0 saturated carbocycles. The van der Waals surface area contributed by atoms with Crippen LogP contribution in [0.3, 0.4) is 0 Å². The number of carbonyl (C=O) groups is 1. The summed E-state index contributed by atoms with van der Waals surface area (Å²) in [6.45, 7) is 14.2. The molecule has 0 aliphatic carbocycles. The highest BCUT2D eigenvalue weighted by atomic mass is 32.1. The highest BCUT2D eigenvalue weighted by Crippen LogP contribution is 2.32. The van der Waals surface area contributed by atoms with Gasteiger partial charge in [-0.3, -0.25) is 9.20 Å². The van der Waals surface area contributed by atoms with Gasteiger partial charge in [-0.1, -0.05) is 32.1 Å². The highest BCUT2D eigenvalue weighted by Gasteiger charge is 2.28. The number of fused-ring (bicyclic) bond motifs is 1. The number of aromatic nitrogens is 2. The van der Waals surface area contributed by atoms with E-state index in [1.807, 2.05) is 25.7 Å². The first-order chi connectivity index (χ1) is 10.3. The maximum Gasteiger partial charge on any atom is 0.265 e. The zero-order chi connectivity index (χ0) is 16.7. The van der Waals surface area contributed by atoms with Crippen LogP contribution in [0, 0.1) is 6.92 Å². The number of carbonyl (C=O) groups excluding carboxylic acids is 1. The average Bonchev–Trinajstić information content (AvgIpc) is 2.97. The van der Waals surface area contributed by atoms with Gasteiger partial charge in [-0.25, -0.2) is 4.98 Å². The van der Waals surface area contributed by atoms with Crippen molar-refractivity contribution in [3.05, 3.63) is 22.0 Å². The Morgan fingerprint density at radius 2 is 1.91 bits per heavy atom. The Labute approximate surface area is 136 Å². The van der Waals surface area contributed by atoms with Gasteiger partial charge in [0.1, 0.15) is 4.88 Å². The predicted octanol–water partition coefficient (Wildman–Crippen LogP) is 2.94. The molecule has 2 N–H and O–H groups in total. The minimum atomic E-state index is -0.0596. The molecule has 0 spiro atoms. The van der Waals surface area contributed by atoms with Crippen molar-refractivity contribution in [2.24, 2.45) is 5.73 Å². The number of aryl methyl sites for hydroxylation is 1. The van der Waals surface area contributed by atoms with Gasteiger partial charge in [0.15, 0.2) is 4.96 Å². The Morgan fingerprint density at radius 3 is 2.36 bits per heavy atom. The lowest BCUT2D eigenvalue weighted by Crippen LogP contribution is -2.30. The molecule has 0 radical (unpaired) electrons. The summed E-state index contributed by atoms with van der Waals surface area (Å²) in [7, 11) is 0. The molecule has 2 aromatic rings. The molecule has 0 unspecified atom stereocenters. The Hall–Kier alpha value is -1.40. The molecular weight excluding hydrogens is 296 g/mol. The van der Waals surface area contributed by atoms with Crippen LogP contribution in [0.1, 0.15) is 61.4 Å². The summed E-state index contributed by atoms with van der Waals surface area (Å²) >= 11 is 1.46. The third kappa shape index (κ3) is 2.65. The van der Waals surface area contributed by atoms with Crippen molar-refractivity contribution >= 4 is 22.2 Å². The van der Waals surface area contributed by atoms with Crippen LogP contribution in [0.15, 0.2) is 0 Å². The lowest BCUT2D eigenvalue weighted by Gasteiger charge is -2.19. The lowest BCUT2D eigenvalue weighted by molar-refractivity contribution is 0.0776. The van der Waals surface area contributed by atoms with Gasteiger partial charge < -0.3 is 10.6 Å². The Morgan fingerprint density at radius 1 is 1.32 bits per heavy atom. The predicted molar refractivity (Wildman–Crippen MR) is 91.6 cm³/mol. The number of rotatable bonds is 4. The van der Waals surface area contributed by atoms with Gasteiger partial charge in [0.25, 0.3) is 5.91 Å². The van der Waals surface area contributed by atoms with Gasteiger partial charge in [0.05, 0.1) is 11.4 Å². The zero-order valence-corrected chi connectivity index (χ0v) is 15.2. The molecule has 0 fully saturated rings. The second-order valence-electron chi connectivity index (χ2n) is 6.47. The van der Waals surface area contributed by atoms with E-state index in [9.17, 15) is 4.79 Å². The van der Waals surface area contributed by atoms with Gasteiger partial charge in [-0.15, -0.1) is 0 Å². The van der Waals surface area contributed by atoms with E-state index < -0.39 is 0 Å². The van der Waals surface area contributed by atoms with Crippen molar-refractivity contribution in [1.82, 2.24) is 14.3 Å². The van der Waals surface area contributed by atoms with Crippen LogP contribution in [-0.4, -0.2) is 33.3 Å². The van der Waals surface area contributed by atoms with Gasteiger partial charge in [0, 0.05) is 30.7 Å². The number of hydrogen-bond acceptors (Lipinski definition) is 4. The molecule has 6 heteroatoms. The van der Waals surface area contributed by atoms with E-state index in [0.717, 1.165) is 26.9 Å². The van der Waals surface area contributed by atoms with Crippen LogP contribution in [0.2, 0.25) is 0 Å². The second kappa shape index (κ2) is 6.01. The maximum atomic E-state index is 12.6. The zero-order valence-electron chi connectivity index (χ0n) is 14.4. The number of thiazole rings is 1. The molecule has 0 atom stereocenters. The van der Waals surface area contributed by atoms with Crippen molar-refractivity contribution in [3.8, 4) is 0 Å². The van der Waals surface area contributed by atoms with Crippen molar-refractivity contribution in [2.45, 2.75) is 53.5 Å². The maximum absolute atomic E-state index is 12.6. The normalized spacial score (nSPS) is 12.1. The summed E-state index contributed by atoms with van der Waals surface area (Å²) in [6.07, 6.45) is 0. The van der Waals surface area contributed by atoms with E-state index in [0.29, 0.717) is 19.6 Å². The number of hydrogen-bond donors (Lipinski definition) is 1. The first-order valence-corrected chi connectivity index (χ1v) is 8.58. The monoisotopic (exact) mass is 322 g/mol. The van der Waals surface area contributed by atoms with Crippen LogP contribution in [0.4, 0.5) is 0 Å². The summed E-state index contributed by atoms with van der Waals surface area (Å²) in [5, 5.41) is 0. The molecule has 0 bridgehead atoms. The number of nitrogens with zero attached hydrogens (tertiary/aromatic N) is 3. The van der Waals surface area contributed by atoms with Crippen LogP contribution < -0.4 is 5.73 Å². The van der Waals surface area contributed by atoms with Crippen LogP contribution in [0.5, 0.6) is 0 Å². The number of imidazole rings is 1. The molecule has 0 aromatic carbocycles. The summed E-state index contributed by atoms with van der Waals surface area (Å²) in [5.74, 6) is 0.0817. The largest absolute Gasteiger partial charge is 0.338 e. The molecule has 22 heavy (non-hydrogen) atoms. The standard InChI is InChI=1S/C16H26N4OS/c1-7-19(8-2)14(21)12-10(3)20-11(9-17)13(16(4,5)6)18-15(20)22-12/h7-9,17H2,1-6H3. The summed E-state index contributed by atoms with van der Waals surface area (Å²) in [5.41, 5.74) is 8.89. The van der Waals surface area contributed by atoms with E-state index in [-0.39, 0.29) is 11.3 Å². The fourth-order valence-corrected chi connectivity index (χ4v) is 3.87. The second-order valence-corrected chi connectivity index (χ2v) is 7.45. The quantitative estimate of drug-likeness (QED) is 0.941. The van der Waals surface area contributed by atoms with Crippen LogP contribution in [-0.2, 0) is 12.0 Å². The molecule has 0 aliphatic heterocycles. The molecule has 1 amide bonds. The molecule has 2 rings (SSSR count). The lowest BCUT2D eigenvalue weighted by atomic mass is 9.90. The molecule has 5 nitrogen and oxygen atoms in total. The first kappa shape index (κ1) is 17.0. The first-order valence-electron chi connectivity index (χ1n) is 7.76. The fraction of sp³-hybridized carbons (Fsp3) is 0.625. The molecule has 2 aromatic heterocycles. The van der Waals surface area contributed by atoms with E-state index in [2.05, 4.69) is 25.2 Å². The minimum Gasteiger partial charge on any atom is -0.338 e. The van der Waals surface area contributed by atoms with E-state index in [4.69, 9.17) is 10.7 Å². The number of nitrogens with two attached hydrogens (primary N) is 1. The van der Waals surface area contributed by atoms with Gasteiger partial charge >= 0.3 is 0 Å². The molecular formula is C16H26N4OS. The Bertz CT molecular complexity index is 689. The van der Waals surface area contributed by atoms with E-state index in [1.54, 1.807) is 0 Å². The third-order valence-corrected chi connectivity index (χ3v) is 5.08. The minimum absolute atomic E-state index is 0.0596. The van der Waals surface area contributed by atoms with Gasteiger partial charge in [-0.05, 0) is 20.8 Å². The van der Waals surface area contributed by atoms with Crippen molar-refractivity contribution in [1.29, 1.82) is 0 Å². The third-order valence-electron chi connectivity index (χ3n) is 3.95. The van der Waals surface area contributed by atoms with Crippen molar-refractivity contribution in [2.75, 3.05) is 13.1 Å². The molecule has 122 valence electrons. The smallest absolute Gasteiger partial charge is 0.265 e. The summed E-state index contributed by atoms with van der Waals surface area (Å²) in [4.78, 5) is 20.9. The SMILES string of the molecule is CCN(CC)C(=O)c1sc2nc(C(C)(C)C)c(CN)n2c1C. The molecule has 2 heterocycles. The van der Waals surface area contributed by atoms with E-state index >= 15 is 0 Å². The summed E-state index contributed by atoms with van der Waals surface area (Å²) in [6, 6.07) is 0. The van der Waals surface area contributed by atoms with Gasteiger partial charge in [-0.2, -0.15) is 0 Å². The average molecular weight is 322 g/mol. The summed E-state index contributed by atoms with van der Waals surface area (Å²) < 4.78 is 2.06. The van der Waals surface area contributed by atoms with Gasteiger partial charge in [0.2, 0.25) is 0 Å². The fourth-order valence-electron chi connectivity index (χ4n) is 2.75. The Balaban J connectivity index is 2.62. The van der Waals surface area contributed by atoms with E-state index in [1.165, 1.54) is 11.3 Å². The van der Waals surface area contributed by atoms with Crippen LogP contribution >= 0.6 is 11.3 Å².